The number of aryl methyl sites for hydroxylation is 1. The molecule has 0 aliphatic carbocycles. The number of rotatable bonds is 2. The zero-order valence-electron chi connectivity index (χ0n) is 6.16. The van der Waals surface area contributed by atoms with E-state index < -0.39 is 0 Å². The maximum Gasteiger partial charge on any atom is 0.254 e. The Hall–Kier alpha value is -0.435. The molecule has 1 nitrogen and oxygen atoms in total. The van der Waals surface area contributed by atoms with Crippen molar-refractivity contribution in [2.24, 2.45) is 0 Å². The van der Waals surface area contributed by atoms with Crippen molar-refractivity contribution in [3.63, 3.8) is 0 Å². The van der Waals surface area contributed by atoms with Gasteiger partial charge in [-0.25, -0.2) is 11.6 Å². The summed E-state index contributed by atoms with van der Waals surface area (Å²) in [6, 6.07) is 6.02. The van der Waals surface area contributed by atoms with Gasteiger partial charge in [-0.2, -0.15) is 0 Å². The normalized spacial score (nSPS) is 9.40. The van der Waals surface area contributed by atoms with Crippen LogP contribution in [0.15, 0.2) is 18.2 Å². The summed E-state index contributed by atoms with van der Waals surface area (Å²) in [5.41, 5.74) is 2.12. The van der Waals surface area contributed by atoms with E-state index in [1.165, 1.54) is 0 Å². The van der Waals surface area contributed by atoms with Crippen LogP contribution in [0.3, 0.4) is 0 Å². The molecule has 51 valence electrons. The summed E-state index contributed by atoms with van der Waals surface area (Å²) in [6.07, 6.45) is 2.03. The summed E-state index contributed by atoms with van der Waals surface area (Å²) in [7, 11) is 0. The SMILES string of the molecule is CS[B]c1cccc(C)n1. The maximum atomic E-state index is 4.29. The van der Waals surface area contributed by atoms with Gasteiger partial charge in [0.05, 0.1) is 0 Å². The maximum absolute atomic E-state index is 4.29. The van der Waals surface area contributed by atoms with E-state index in [9.17, 15) is 0 Å². The van der Waals surface area contributed by atoms with E-state index in [2.05, 4.69) is 4.98 Å². The zero-order chi connectivity index (χ0) is 7.40. The van der Waals surface area contributed by atoms with Crippen LogP contribution in [0.5, 0.6) is 0 Å². The first kappa shape index (κ1) is 7.67. The minimum absolute atomic E-state index is 1.05. The first-order chi connectivity index (χ1) is 4.83. The molecule has 1 radical (unpaired) electrons. The molecule has 0 fully saturated rings. The van der Waals surface area contributed by atoms with Crippen molar-refractivity contribution >= 4 is 23.8 Å². The van der Waals surface area contributed by atoms with Crippen LogP contribution in [0.1, 0.15) is 5.69 Å². The Balaban J connectivity index is 2.75. The quantitative estimate of drug-likeness (QED) is 0.583. The topological polar surface area (TPSA) is 12.9 Å². The average Bonchev–Trinajstić information content (AvgIpc) is 1.88. The van der Waals surface area contributed by atoms with Gasteiger partial charge in [0.2, 0.25) is 0 Å². The van der Waals surface area contributed by atoms with Crippen molar-refractivity contribution in [1.82, 2.24) is 4.98 Å². The largest absolute Gasteiger partial charge is 0.268 e. The predicted molar refractivity (Wildman–Crippen MR) is 47.9 cm³/mol. The van der Waals surface area contributed by atoms with Crippen LogP contribution in [-0.4, -0.2) is 17.8 Å². The van der Waals surface area contributed by atoms with Gasteiger partial charge in [-0.05, 0) is 25.3 Å². The van der Waals surface area contributed by atoms with E-state index in [1.807, 2.05) is 37.9 Å². The third-order valence-corrected chi connectivity index (χ3v) is 1.63. The summed E-state index contributed by atoms with van der Waals surface area (Å²) in [6.45, 7) is 4.03. The van der Waals surface area contributed by atoms with Crippen molar-refractivity contribution in [3.8, 4) is 0 Å². The summed E-state index contributed by atoms with van der Waals surface area (Å²) in [5.74, 6) is 0. The molecule has 0 aliphatic rings. The van der Waals surface area contributed by atoms with Gasteiger partial charge in [0.25, 0.3) is 6.56 Å². The fourth-order valence-electron chi connectivity index (χ4n) is 0.751. The first-order valence-corrected chi connectivity index (χ1v) is 4.41. The second-order valence-corrected chi connectivity index (χ2v) is 2.76. The molecule has 3 heteroatoms. The zero-order valence-corrected chi connectivity index (χ0v) is 6.98. The van der Waals surface area contributed by atoms with Gasteiger partial charge in [-0.1, -0.05) is 6.07 Å². The molecule has 0 aliphatic heterocycles. The predicted octanol–water partition coefficient (Wildman–Crippen LogP) is 0.998. The number of hydrogen-bond donors (Lipinski definition) is 0. The molecule has 0 unspecified atom stereocenters. The van der Waals surface area contributed by atoms with Gasteiger partial charge in [0, 0.05) is 11.3 Å². The lowest BCUT2D eigenvalue weighted by Crippen LogP contribution is -2.15. The molecule has 1 rings (SSSR count). The highest BCUT2D eigenvalue weighted by Crippen LogP contribution is 1.90. The van der Waals surface area contributed by atoms with Crippen molar-refractivity contribution in [2.75, 3.05) is 6.26 Å². The lowest BCUT2D eigenvalue weighted by atomic mass is 10.0. The van der Waals surface area contributed by atoms with Crippen LogP contribution in [0, 0.1) is 6.92 Å². The van der Waals surface area contributed by atoms with Gasteiger partial charge in [0.1, 0.15) is 0 Å². The monoisotopic (exact) mass is 150 g/mol. The fraction of sp³-hybridized carbons (Fsp3) is 0.286. The highest BCUT2D eigenvalue weighted by atomic mass is 32.2. The van der Waals surface area contributed by atoms with E-state index >= 15 is 0 Å². The van der Waals surface area contributed by atoms with Crippen LogP contribution in [0.2, 0.25) is 0 Å². The number of aromatic nitrogens is 1. The van der Waals surface area contributed by atoms with Crippen LogP contribution < -0.4 is 5.59 Å². The van der Waals surface area contributed by atoms with Crippen LogP contribution in [-0.2, 0) is 0 Å². The molecule has 0 atom stereocenters. The summed E-state index contributed by atoms with van der Waals surface area (Å²) >= 11 is 1.68. The molecule has 0 saturated carbocycles. The summed E-state index contributed by atoms with van der Waals surface area (Å²) in [5, 5.41) is 0. The Morgan fingerprint density at radius 2 is 2.30 bits per heavy atom. The van der Waals surface area contributed by atoms with E-state index in [0.29, 0.717) is 0 Å². The Morgan fingerprint density at radius 1 is 1.50 bits per heavy atom. The molecular formula is C7H9BNS. The number of hydrogen-bond acceptors (Lipinski definition) is 2. The smallest absolute Gasteiger partial charge is 0.254 e. The van der Waals surface area contributed by atoms with Crippen molar-refractivity contribution in [1.29, 1.82) is 0 Å². The molecule has 1 heterocycles. The fourth-order valence-corrected chi connectivity index (χ4v) is 1.12. The summed E-state index contributed by atoms with van der Waals surface area (Å²) < 4.78 is 0. The second-order valence-electron chi connectivity index (χ2n) is 2.06. The molecule has 0 saturated heterocycles. The standard InChI is InChI=1S/C7H9BNS/c1-6-4-3-5-7(9-6)8-10-2/h3-5H,1-2H3. The Morgan fingerprint density at radius 3 is 2.90 bits per heavy atom. The molecule has 0 N–H and O–H groups in total. The van der Waals surface area contributed by atoms with Gasteiger partial charge < -0.3 is 0 Å². The molecule has 0 bridgehead atoms. The Bertz CT molecular complexity index is 215. The van der Waals surface area contributed by atoms with Gasteiger partial charge in [-0.3, -0.25) is 4.98 Å². The molecule has 0 amide bonds. The second kappa shape index (κ2) is 3.66. The highest BCUT2D eigenvalue weighted by molar-refractivity contribution is 8.23. The lowest BCUT2D eigenvalue weighted by molar-refractivity contribution is 1.24. The minimum Gasteiger partial charge on any atom is -0.268 e. The van der Waals surface area contributed by atoms with Gasteiger partial charge in [-0.15, -0.1) is 0 Å². The van der Waals surface area contributed by atoms with Crippen molar-refractivity contribution in [3.05, 3.63) is 23.9 Å². The van der Waals surface area contributed by atoms with Crippen LogP contribution in [0.25, 0.3) is 0 Å². The molecule has 1 aromatic heterocycles. The first-order valence-electron chi connectivity index (χ1n) is 3.12. The van der Waals surface area contributed by atoms with Crippen molar-refractivity contribution in [2.45, 2.75) is 6.92 Å². The third kappa shape index (κ3) is 2.07. The Labute approximate surface area is 66.4 Å². The van der Waals surface area contributed by atoms with Crippen molar-refractivity contribution < 1.29 is 0 Å². The van der Waals surface area contributed by atoms with E-state index in [1.54, 1.807) is 11.6 Å². The van der Waals surface area contributed by atoms with E-state index in [0.717, 1.165) is 11.3 Å². The lowest BCUT2D eigenvalue weighted by Gasteiger charge is -1.95. The minimum atomic E-state index is 1.05. The molecule has 0 aromatic carbocycles. The molecule has 10 heavy (non-hydrogen) atoms. The number of pyridine rings is 1. The third-order valence-electron chi connectivity index (χ3n) is 1.15. The van der Waals surface area contributed by atoms with Crippen LogP contribution in [0.4, 0.5) is 0 Å². The summed E-state index contributed by atoms with van der Waals surface area (Å²) in [4.78, 5) is 4.29. The van der Waals surface area contributed by atoms with E-state index in [-0.39, 0.29) is 0 Å². The highest BCUT2D eigenvalue weighted by Gasteiger charge is 1.93. The molecular weight excluding hydrogens is 141 g/mol. The van der Waals surface area contributed by atoms with Gasteiger partial charge >= 0.3 is 0 Å². The van der Waals surface area contributed by atoms with Gasteiger partial charge in [0.15, 0.2) is 0 Å². The van der Waals surface area contributed by atoms with Crippen LogP contribution >= 0.6 is 11.6 Å². The number of nitrogens with zero attached hydrogens (tertiary/aromatic N) is 1. The van der Waals surface area contributed by atoms with E-state index in [4.69, 9.17) is 0 Å². The Kier molecular flexibility index (Phi) is 2.81. The molecule has 1 aromatic rings. The average molecular weight is 150 g/mol. The molecule has 0 spiro atoms.